The fourth-order valence-corrected chi connectivity index (χ4v) is 1.25. The summed E-state index contributed by atoms with van der Waals surface area (Å²) in [6.45, 7) is -0.160. The second-order valence-electron chi connectivity index (χ2n) is 2.84. The second-order valence-corrected chi connectivity index (χ2v) is 2.84. The zero-order valence-electron chi connectivity index (χ0n) is 7.44. The SMILES string of the molecule is Cc1c(CO)c(F)c(F)c(F)c1CO. The Kier molecular flexibility index (Phi) is 3.13. The van der Waals surface area contributed by atoms with Crippen molar-refractivity contribution in [1.29, 1.82) is 0 Å². The first-order valence-electron chi connectivity index (χ1n) is 3.91. The third-order valence-corrected chi connectivity index (χ3v) is 2.14. The molecule has 0 atom stereocenters. The number of hydrogen-bond acceptors (Lipinski definition) is 2. The van der Waals surface area contributed by atoms with Gasteiger partial charge in [-0.1, -0.05) is 0 Å². The van der Waals surface area contributed by atoms with E-state index < -0.39 is 30.7 Å². The molecule has 2 N–H and O–H groups in total. The Hall–Kier alpha value is -1.07. The maximum atomic E-state index is 13.0. The van der Waals surface area contributed by atoms with Crippen molar-refractivity contribution in [2.24, 2.45) is 0 Å². The summed E-state index contributed by atoms with van der Waals surface area (Å²) >= 11 is 0. The lowest BCUT2D eigenvalue weighted by molar-refractivity contribution is 0.259. The molecule has 0 unspecified atom stereocenters. The minimum atomic E-state index is -1.66. The highest BCUT2D eigenvalue weighted by molar-refractivity contribution is 5.36. The van der Waals surface area contributed by atoms with Crippen LogP contribution in [-0.4, -0.2) is 10.2 Å². The minimum absolute atomic E-state index is 0.0337. The van der Waals surface area contributed by atoms with E-state index in [0.29, 0.717) is 0 Å². The van der Waals surface area contributed by atoms with Crippen LogP contribution < -0.4 is 0 Å². The van der Waals surface area contributed by atoms with Crippen LogP contribution in [0, 0.1) is 24.4 Å². The Morgan fingerprint density at radius 3 is 1.50 bits per heavy atom. The zero-order chi connectivity index (χ0) is 10.9. The van der Waals surface area contributed by atoms with Crippen LogP contribution >= 0.6 is 0 Å². The molecule has 0 spiro atoms. The van der Waals surface area contributed by atoms with E-state index in [1.807, 2.05) is 0 Å². The number of aliphatic hydroxyl groups excluding tert-OH is 2. The number of benzene rings is 1. The van der Waals surface area contributed by atoms with Gasteiger partial charge in [0.15, 0.2) is 17.5 Å². The first-order valence-corrected chi connectivity index (χ1v) is 3.91. The summed E-state index contributed by atoms with van der Waals surface area (Å²) in [6, 6.07) is 0. The molecule has 0 aliphatic heterocycles. The van der Waals surface area contributed by atoms with Crippen LogP contribution in [0.4, 0.5) is 13.2 Å². The molecule has 1 rings (SSSR count). The van der Waals surface area contributed by atoms with Crippen molar-refractivity contribution in [3.63, 3.8) is 0 Å². The Balaban J connectivity index is 3.56. The van der Waals surface area contributed by atoms with E-state index in [1.165, 1.54) is 6.92 Å². The first kappa shape index (κ1) is 11.0. The maximum Gasteiger partial charge on any atom is 0.195 e. The van der Waals surface area contributed by atoms with Gasteiger partial charge in [-0.25, -0.2) is 13.2 Å². The Morgan fingerprint density at radius 2 is 1.21 bits per heavy atom. The topological polar surface area (TPSA) is 40.5 Å². The third kappa shape index (κ3) is 1.49. The highest BCUT2D eigenvalue weighted by Gasteiger charge is 2.21. The molecule has 0 radical (unpaired) electrons. The van der Waals surface area contributed by atoms with E-state index in [9.17, 15) is 13.2 Å². The normalized spacial score (nSPS) is 10.7. The van der Waals surface area contributed by atoms with Crippen molar-refractivity contribution >= 4 is 0 Å². The lowest BCUT2D eigenvalue weighted by Crippen LogP contribution is -2.07. The largest absolute Gasteiger partial charge is 0.392 e. The molecule has 0 saturated carbocycles. The van der Waals surface area contributed by atoms with Crippen LogP contribution in [0.15, 0.2) is 0 Å². The molecule has 1 aromatic rings. The first-order chi connectivity index (χ1) is 6.54. The molecule has 0 aliphatic carbocycles. The van der Waals surface area contributed by atoms with Crippen LogP contribution in [0.1, 0.15) is 16.7 Å². The predicted octanol–water partition coefficient (Wildman–Crippen LogP) is 1.40. The van der Waals surface area contributed by atoms with Gasteiger partial charge in [0.1, 0.15) is 0 Å². The zero-order valence-corrected chi connectivity index (χ0v) is 7.44. The van der Waals surface area contributed by atoms with Crippen LogP contribution in [0.25, 0.3) is 0 Å². The van der Waals surface area contributed by atoms with Gasteiger partial charge in [0.25, 0.3) is 0 Å². The van der Waals surface area contributed by atoms with Crippen LogP contribution in [0.2, 0.25) is 0 Å². The van der Waals surface area contributed by atoms with Gasteiger partial charge in [-0.15, -0.1) is 0 Å². The molecular weight excluding hydrogens is 197 g/mol. The standard InChI is InChI=1S/C9H9F3O2/c1-4-5(2-13)7(10)9(12)8(11)6(4)3-14/h13-14H,2-3H2,1H3. The van der Waals surface area contributed by atoms with Crippen LogP contribution in [0.5, 0.6) is 0 Å². The number of halogens is 3. The Morgan fingerprint density at radius 1 is 0.857 bits per heavy atom. The van der Waals surface area contributed by atoms with Crippen molar-refractivity contribution in [1.82, 2.24) is 0 Å². The molecule has 0 saturated heterocycles. The third-order valence-electron chi connectivity index (χ3n) is 2.14. The summed E-state index contributed by atoms with van der Waals surface area (Å²) in [4.78, 5) is 0. The van der Waals surface area contributed by atoms with Crippen molar-refractivity contribution < 1.29 is 23.4 Å². The molecule has 0 amide bonds. The maximum absolute atomic E-state index is 13.0. The molecular formula is C9H9F3O2. The molecule has 14 heavy (non-hydrogen) atoms. The number of aliphatic hydroxyl groups is 2. The van der Waals surface area contributed by atoms with E-state index >= 15 is 0 Å². The van der Waals surface area contributed by atoms with Crippen molar-refractivity contribution in [2.45, 2.75) is 20.1 Å². The van der Waals surface area contributed by atoms with Gasteiger partial charge in [0.2, 0.25) is 0 Å². The van der Waals surface area contributed by atoms with Gasteiger partial charge in [0.05, 0.1) is 13.2 Å². The van der Waals surface area contributed by atoms with E-state index in [2.05, 4.69) is 0 Å². The van der Waals surface area contributed by atoms with E-state index in [4.69, 9.17) is 10.2 Å². The number of hydrogen-bond donors (Lipinski definition) is 2. The van der Waals surface area contributed by atoms with Crippen LogP contribution in [0.3, 0.4) is 0 Å². The molecule has 0 heterocycles. The highest BCUT2D eigenvalue weighted by atomic mass is 19.2. The molecule has 0 aromatic heterocycles. The molecule has 0 fully saturated rings. The predicted molar refractivity (Wildman–Crippen MR) is 42.9 cm³/mol. The Bertz CT molecular complexity index is 333. The fraction of sp³-hybridized carbons (Fsp3) is 0.333. The van der Waals surface area contributed by atoms with E-state index in [1.54, 1.807) is 0 Å². The lowest BCUT2D eigenvalue weighted by atomic mass is 10.0. The molecule has 0 aliphatic rings. The molecule has 2 nitrogen and oxygen atoms in total. The van der Waals surface area contributed by atoms with Gasteiger partial charge in [-0.3, -0.25) is 0 Å². The van der Waals surface area contributed by atoms with Crippen molar-refractivity contribution in [3.8, 4) is 0 Å². The average Bonchev–Trinajstić information content (AvgIpc) is 2.16. The lowest BCUT2D eigenvalue weighted by Gasteiger charge is -2.11. The molecule has 5 heteroatoms. The summed E-state index contributed by atoms with van der Waals surface area (Å²) in [7, 11) is 0. The smallest absolute Gasteiger partial charge is 0.195 e. The highest BCUT2D eigenvalue weighted by Crippen LogP contribution is 2.24. The molecule has 1 aromatic carbocycles. The summed E-state index contributed by atoms with van der Waals surface area (Å²) in [6.07, 6.45) is 0. The molecule has 78 valence electrons. The van der Waals surface area contributed by atoms with Gasteiger partial charge >= 0.3 is 0 Å². The molecule has 0 bridgehead atoms. The van der Waals surface area contributed by atoms with Gasteiger partial charge < -0.3 is 10.2 Å². The van der Waals surface area contributed by atoms with E-state index in [0.717, 1.165) is 0 Å². The Labute approximate surface area is 78.6 Å². The fourth-order valence-electron chi connectivity index (χ4n) is 1.25. The summed E-state index contributed by atoms with van der Waals surface area (Å²) < 4.78 is 38.8. The minimum Gasteiger partial charge on any atom is -0.392 e. The summed E-state index contributed by atoms with van der Waals surface area (Å²) in [5.41, 5.74) is -0.618. The van der Waals surface area contributed by atoms with Gasteiger partial charge in [-0.2, -0.15) is 0 Å². The average molecular weight is 206 g/mol. The van der Waals surface area contributed by atoms with Gasteiger partial charge in [0, 0.05) is 11.1 Å². The van der Waals surface area contributed by atoms with Crippen molar-refractivity contribution in [3.05, 3.63) is 34.1 Å². The van der Waals surface area contributed by atoms with E-state index in [-0.39, 0.29) is 16.7 Å². The van der Waals surface area contributed by atoms with Gasteiger partial charge in [-0.05, 0) is 12.5 Å². The summed E-state index contributed by atoms with van der Waals surface area (Å²) in [5, 5.41) is 17.4. The summed E-state index contributed by atoms with van der Waals surface area (Å²) in [5.74, 6) is -4.47. The second kappa shape index (κ2) is 3.98. The van der Waals surface area contributed by atoms with Crippen molar-refractivity contribution in [2.75, 3.05) is 0 Å². The van der Waals surface area contributed by atoms with Crippen LogP contribution in [-0.2, 0) is 13.2 Å². The quantitative estimate of drug-likeness (QED) is 0.718. The number of rotatable bonds is 2. The monoisotopic (exact) mass is 206 g/mol.